The number of sulfonamides is 1. The van der Waals surface area contributed by atoms with E-state index in [0.717, 1.165) is 29.9 Å². The molecule has 33 heavy (non-hydrogen) atoms. The van der Waals surface area contributed by atoms with Crippen molar-refractivity contribution < 1.29 is 13.2 Å². The van der Waals surface area contributed by atoms with Crippen LogP contribution in [0.5, 0.6) is 5.75 Å². The second kappa shape index (κ2) is 9.54. The van der Waals surface area contributed by atoms with Crippen LogP contribution in [0.1, 0.15) is 18.7 Å². The van der Waals surface area contributed by atoms with Crippen molar-refractivity contribution in [2.75, 3.05) is 29.8 Å². The molecule has 0 unspecified atom stereocenters. The van der Waals surface area contributed by atoms with Gasteiger partial charge in [0, 0.05) is 35.7 Å². The Bertz CT molecular complexity index is 1250. The maximum Gasteiger partial charge on any atom is 0.263 e. The van der Waals surface area contributed by atoms with E-state index in [-0.39, 0.29) is 9.92 Å². The van der Waals surface area contributed by atoms with Crippen LogP contribution >= 0.6 is 22.9 Å². The lowest BCUT2D eigenvalue weighted by Gasteiger charge is -2.38. The van der Waals surface area contributed by atoms with Gasteiger partial charge in [-0.05, 0) is 73.7 Å². The number of benzene rings is 2. The molecule has 1 fully saturated rings. The molecule has 0 bridgehead atoms. The van der Waals surface area contributed by atoms with Gasteiger partial charge in [0.2, 0.25) is 0 Å². The minimum absolute atomic E-state index is 0.0248. The van der Waals surface area contributed by atoms with Gasteiger partial charge in [-0.1, -0.05) is 17.7 Å². The standard InChI is InChI=1S/C24H28ClN3O3S2/c1-15-12-28(13-16(2)26-15)20-6-7-23(31-4)22(11-20)27-33(29,30)24-8-5-18(10-21(24)25)19-9-17(3)32-14-19/h5-11,14-16,26-27H,12-13H2,1-4H3/t15-,16+. The summed E-state index contributed by atoms with van der Waals surface area (Å²) in [6.45, 7) is 7.97. The average Bonchev–Trinajstić information content (AvgIpc) is 3.19. The Morgan fingerprint density at radius 3 is 2.42 bits per heavy atom. The van der Waals surface area contributed by atoms with Crippen molar-refractivity contribution in [3.8, 4) is 16.9 Å². The van der Waals surface area contributed by atoms with Crippen molar-refractivity contribution in [3.63, 3.8) is 0 Å². The SMILES string of the molecule is COc1ccc(N2C[C@@H](C)N[C@@H](C)C2)cc1NS(=O)(=O)c1ccc(-c2csc(C)c2)cc1Cl. The fourth-order valence-electron chi connectivity index (χ4n) is 4.20. The molecule has 1 aliphatic rings. The van der Waals surface area contributed by atoms with Crippen molar-refractivity contribution >= 4 is 44.3 Å². The van der Waals surface area contributed by atoms with Crippen molar-refractivity contribution in [1.82, 2.24) is 5.32 Å². The van der Waals surface area contributed by atoms with Gasteiger partial charge in [-0.25, -0.2) is 8.42 Å². The van der Waals surface area contributed by atoms with E-state index in [2.05, 4.69) is 34.9 Å². The predicted octanol–water partition coefficient (Wildman–Crippen LogP) is 5.37. The van der Waals surface area contributed by atoms with E-state index in [0.29, 0.717) is 23.5 Å². The molecule has 6 nitrogen and oxygen atoms in total. The zero-order chi connectivity index (χ0) is 23.8. The highest BCUT2D eigenvalue weighted by molar-refractivity contribution is 7.92. The Morgan fingerprint density at radius 1 is 1.09 bits per heavy atom. The topological polar surface area (TPSA) is 70.7 Å². The number of hydrogen-bond donors (Lipinski definition) is 2. The number of aryl methyl sites for hydroxylation is 1. The van der Waals surface area contributed by atoms with E-state index in [1.165, 1.54) is 12.0 Å². The third-order valence-corrected chi connectivity index (χ3v) is 8.35. The number of rotatable bonds is 6. The average molecular weight is 506 g/mol. The van der Waals surface area contributed by atoms with Gasteiger partial charge in [-0.3, -0.25) is 4.72 Å². The van der Waals surface area contributed by atoms with Gasteiger partial charge in [0.15, 0.2) is 0 Å². The van der Waals surface area contributed by atoms with Gasteiger partial charge in [0.1, 0.15) is 10.6 Å². The molecule has 1 aromatic heterocycles. The normalized spacial score (nSPS) is 18.9. The van der Waals surface area contributed by atoms with Gasteiger partial charge in [-0.15, -0.1) is 11.3 Å². The maximum atomic E-state index is 13.3. The fourth-order valence-corrected chi connectivity index (χ4v) is 6.52. The summed E-state index contributed by atoms with van der Waals surface area (Å²) >= 11 is 8.07. The Hall–Kier alpha value is -2.26. The van der Waals surface area contributed by atoms with Crippen molar-refractivity contribution in [2.24, 2.45) is 0 Å². The number of hydrogen-bond acceptors (Lipinski definition) is 6. The third-order valence-electron chi connectivity index (χ3n) is 5.64. The van der Waals surface area contributed by atoms with Crippen LogP contribution < -0.4 is 19.7 Å². The van der Waals surface area contributed by atoms with Gasteiger partial charge >= 0.3 is 0 Å². The van der Waals surface area contributed by atoms with Crippen LogP contribution in [0, 0.1) is 6.92 Å². The Kier molecular flexibility index (Phi) is 6.91. The van der Waals surface area contributed by atoms with Crippen LogP contribution in [0.2, 0.25) is 5.02 Å². The molecule has 3 aromatic rings. The van der Waals surface area contributed by atoms with E-state index in [1.54, 1.807) is 35.6 Å². The van der Waals surface area contributed by atoms with E-state index in [9.17, 15) is 8.42 Å². The summed E-state index contributed by atoms with van der Waals surface area (Å²) in [5.74, 6) is 0.444. The summed E-state index contributed by atoms with van der Waals surface area (Å²) in [7, 11) is -2.41. The second-order valence-electron chi connectivity index (χ2n) is 8.46. The zero-order valence-corrected chi connectivity index (χ0v) is 21.4. The molecule has 2 N–H and O–H groups in total. The van der Waals surface area contributed by atoms with Crippen LogP contribution in [0.15, 0.2) is 52.7 Å². The first-order chi connectivity index (χ1) is 15.7. The monoisotopic (exact) mass is 505 g/mol. The second-order valence-corrected chi connectivity index (χ2v) is 11.6. The molecule has 2 heterocycles. The van der Waals surface area contributed by atoms with Crippen LogP contribution in [0.3, 0.4) is 0 Å². The predicted molar refractivity (Wildman–Crippen MR) is 138 cm³/mol. The van der Waals surface area contributed by atoms with Crippen molar-refractivity contribution in [3.05, 3.63) is 57.7 Å². The summed E-state index contributed by atoms with van der Waals surface area (Å²) in [5.41, 5.74) is 3.21. The molecule has 176 valence electrons. The van der Waals surface area contributed by atoms with Crippen molar-refractivity contribution in [1.29, 1.82) is 0 Å². The molecule has 9 heteroatoms. The largest absolute Gasteiger partial charge is 0.495 e. The number of nitrogens with zero attached hydrogens (tertiary/aromatic N) is 1. The van der Waals surface area contributed by atoms with Crippen LogP contribution in [-0.4, -0.2) is 40.7 Å². The highest BCUT2D eigenvalue weighted by atomic mass is 35.5. The number of nitrogens with one attached hydrogen (secondary N) is 2. The quantitative estimate of drug-likeness (QED) is 0.471. The Labute approximate surface area is 204 Å². The highest BCUT2D eigenvalue weighted by Gasteiger charge is 2.24. The lowest BCUT2D eigenvalue weighted by atomic mass is 10.1. The lowest BCUT2D eigenvalue weighted by Crippen LogP contribution is -2.54. The summed E-state index contributed by atoms with van der Waals surface area (Å²) in [6, 6.07) is 13.3. The molecular formula is C24H28ClN3O3S2. The molecule has 4 rings (SSSR count). The smallest absolute Gasteiger partial charge is 0.263 e. The summed E-state index contributed by atoms with van der Waals surface area (Å²) in [5, 5.41) is 5.71. The minimum atomic E-state index is -3.93. The van der Waals surface area contributed by atoms with E-state index < -0.39 is 10.0 Å². The Balaban J connectivity index is 1.63. The number of anilines is 2. The third kappa shape index (κ3) is 5.30. The number of thiophene rings is 1. The molecule has 2 atom stereocenters. The number of methoxy groups -OCH3 is 1. The van der Waals surface area contributed by atoms with Gasteiger partial charge in [-0.2, -0.15) is 0 Å². The molecule has 0 amide bonds. The molecule has 0 aliphatic carbocycles. The van der Waals surface area contributed by atoms with Crippen LogP contribution in [0.25, 0.3) is 11.1 Å². The van der Waals surface area contributed by atoms with Gasteiger partial charge in [0.25, 0.3) is 10.0 Å². The molecular weight excluding hydrogens is 478 g/mol. The summed E-state index contributed by atoms with van der Waals surface area (Å²) < 4.78 is 34.6. The fraction of sp³-hybridized carbons (Fsp3) is 0.333. The molecule has 1 saturated heterocycles. The first-order valence-corrected chi connectivity index (χ1v) is 13.5. The van der Waals surface area contributed by atoms with Gasteiger partial charge in [0.05, 0.1) is 17.8 Å². The number of halogens is 1. The molecule has 0 radical (unpaired) electrons. The van der Waals surface area contributed by atoms with E-state index >= 15 is 0 Å². The Morgan fingerprint density at radius 2 is 1.82 bits per heavy atom. The highest BCUT2D eigenvalue weighted by Crippen LogP contribution is 2.35. The van der Waals surface area contributed by atoms with E-state index in [4.69, 9.17) is 16.3 Å². The number of piperazine rings is 1. The van der Waals surface area contributed by atoms with Crippen LogP contribution in [0.4, 0.5) is 11.4 Å². The van der Waals surface area contributed by atoms with E-state index in [1.807, 2.05) is 24.4 Å². The first-order valence-electron chi connectivity index (χ1n) is 10.7. The molecule has 0 saturated carbocycles. The molecule has 2 aromatic carbocycles. The molecule has 1 aliphatic heterocycles. The number of ether oxygens (including phenoxy) is 1. The first kappa shape index (κ1) is 23.9. The summed E-state index contributed by atoms with van der Waals surface area (Å²) in [4.78, 5) is 3.45. The zero-order valence-electron chi connectivity index (χ0n) is 19.1. The maximum absolute atomic E-state index is 13.3. The molecule has 0 spiro atoms. The van der Waals surface area contributed by atoms with Crippen LogP contribution in [-0.2, 0) is 10.0 Å². The lowest BCUT2D eigenvalue weighted by molar-refractivity contribution is 0.406. The van der Waals surface area contributed by atoms with Gasteiger partial charge < -0.3 is 15.0 Å². The van der Waals surface area contributed by atoms with Crippen molar-refractivity contribution in [2.45, 2.75) is 37.8 Å². The minimum Gasteiger partial charge on any atom is -0.495 e. The summed E-state index contributed by atoms with van der Waals surface area (Å²) in [6.07, 6.45) is 0.